The molecule has 0 spiro atoms. The van der Waals surface area contributed by atoms with Crippen LogP contribution >= 0.6 is 39.1 Å². The van der Waals surface area contributed by atoms with Gasteiger partial charge in [0.1, 0.15) is 5.54 Å². The number of aromatic nitrogens is 4. The fraction of sp³-hybridized carbons (Fsp3) is 0.235. The van der Waals surface area contributed by atoms with Gasteiger partial charge in [-0.15, -0.1) is 0 Å². The number of anilines is 1. The average molecular weight is 457 g/mol. The molecule has 0 saturated carbocycles. The fourth-order valence-corrected chi connectivity index (χ4v) is 2.93. The van der Waals surface area contributed by atoms with Crippen molar-refractivity contribution in [3.63, 3.8) is 0 Å². The quantitative estimate of drug-likeness (QED) is 0.611. The highest BCUT2D eigenvalue weighted by Gasteiger charge is 2.31. The minimum absolute atomic E-state index is 0.215. The van der Waals surface area contributed by atoms with Gasteiger partial charge in [-0.25, -0.2) is 0 Å². The van der Waals surface area contributed by atoms with Crippen LogP contribution in [0.5, 0.6) is 0 Å². The first-order valence-electron chi connectivity index (χ1n) is 7.75. The molecule has 0 fully saturated rings. The van der Waals surface area contributed by atoms with Crippen molar-refractivity contribution in [1.82, 2.24) is 19.6 Å². The van der Waals surface area contributed by atoms with E-state index in [0.717, 1.165) is 10.0 Å². The number of nitrogens with zero attached hydrogens (tertiary/aromatic N) is 4. The number of hydrogen-bond acceptors (Lipinski definition) is 3. The number of hydrogen-bond donors (Lipinski definition) is 1. The van der Waals surface area contributed by atoms with Crippen LogP contribution in [-0.2, 0) is 16.9 Å². The predicted molar refractivity (Wildman–Crippen MR) is 106 cm³/mol. The maximum absolute atomic E-state index is 12.6. The van der Waals surface area contributed by atoms with Crippen LogP contribution in [0.25, 0.3) is 0 Å². The largest absolute Gasteiger partial charge is 0.307 e. The van der Waals surface area contributed by atoms with Crippen molar-refractivity contribution in [1.29, 1.82) is 0 Å². The molecule has 2 aromatic heterocycles. The summed E-state index contributed by atoms with van der Waals surface area (Å²) in [7, 11) is 0. The number of nitrogens with one attached hydrogen (secondary N) is 1. The lowest BCUT2D eigenvalue weighted by molar-refractivity contribution is -0.123. The molecular weight excluding hydrogens is 441 g/mol. The summed E-state index contributed by atoms with van der Waals surface area (Å²) in [6.45, 7) is 4.09. The summed E-state index contributed by atoms with van der Waals surface area (Å²) >= 11 is 15.3. The topological polar surface area (TPSA) is 64.7 Å². The molecule has 26 heavy (non-hydrogen) atoms. The molecule has 3 aromatic rings. The van der Waals surface area contributed by atoms with Crippen LogP contribution in [0.15, 0.2) is 47.3 Å². The molecule has 0 aliphatic heterocycles. The normalized spacial score (nSPS) is 11.6. The lowest BCUT2D eigenvalue weighted by Gasteiger charge is -2.23. The molecule has 0 saturated heterocycles. The molecule has 136 valence electrons. The van der Waals surface area contributed by atoms with Gasteiger partial charge in [-0.3, -0.25) is 14.2 Å². The Morgan fingerprint density at radius 1 is 1.27 bits per heavy atom. The van der Waals surface area contributed by atoms with E-state index >= 15 is 0 Å². The number of halogens is 3. The average Bonchev–Trinajstić information content (AvgIpc) is 3.20. The van der Waals surface area contributed by atoms with E-state index in [1.807, 2.05) is 6.07 Å². The van der Waals surface area contributed by atoms with E-state index < -0.39 is 5.54 Å². The summed E-state index contributed by atoms with van der Waals surface area (Å²) < 4.78 is 4.12. The number of carbonyl (C=O) groups is 1. The molecule has 0 atom stereocenters. The van der Waals surface area contributed by atoms with Gasteiger partial charge in [0, 0.05) is 18.5 Å². The van der Waals surface area contributed by atoms with Crippen molar-refractivity contribution in [2.24, 2.45) is 0 Å². The van der Waals surface area contributed by atoms with Crippen LogP contribution in [0.1, 0.15) is 19.4 Å². The molecule has 1 N–H and O–H groups in total. The second-order valence-corrected chi connectivity index (χ2v) is 7.99. The van der Waals surface area contributed by atoms with Crippen molar-refractivity contribution >= 4 is 50.9 Å². The molecule has 0 unspecified atom stereocenters. The maximum Gasteiger partial charge on any atom is 0.252 e. The SMILES string of the molecule is CC(C)(C(=O)Nc1ccn(Cc2ccc(Cl)c(Cl)c2)n1)n1cc(Br)cn1. The third kappa shape index (κ3) is 4.11. The molecule has 3 rings (SSSR count). The van der Waals surface area contributed by atoms with E-state index in [0.29, 0.717) is 22.4 Å². The van der Waals surface area contributed by atoms with Gasteiger partial charge in [0.15, 0.2) is 5.82 Å². The third-order valence-electron chi connectivity index (χ3n) is 3.89. The smallest absolute Gasteiger partial charge is 0.252 e. The highest BCUT2D eigenvalue weighted by atomic mass is 79.9. The lowest BCUT2D eigenvalue weighted by Crippen LogP contribution is -2.40. The summed E-state index contributed by atoms with van der Waals surface area (Å²) in [5.41, 5.74) is 0.0987. The zero-order valence-corrected chi connectivity index (χ0v) is 17.2. The Balaban J connectivity index is 1.69. The van der Waals surface area contributed by atoms with Gasteiger partial charge >= 0.3 is 0 Å². The molecule has 6 nitrogen and oxygen atoms in total. The Kier molecular flexibility index (Phi) is 5.41. The van der Waals surface area contributed by atoms with Gasteiger partial charge in [-0.1, -0.05) is 29.3 Å². The monoisotopic (exact) mass is 455 g/mol. The van der Waals surface area contributed by atoms with Gasteiger partial charge < -0.3 is 5.32 Å². The van der Waals surface area contributed by atoms with Crippen LogP contribution in [0.2, 0.25) is 10.0 Å². The highest BCUT2D eigenvalue weighted by molar-refractivity contribution is 9.10. The molecule has 0 radical (unpaired) electrons. The molecule has 1 aromatic carbocycles. The van der Waals surface area contributed by atoms with Crippen molar-refractivity contribution in [3.8, 4) is 0 Å². The molecule has 0 aliphatic rings. The Bertz CT molecular complexity index is 950. The van der Waals surface area contributed by atoms with Crippen molar-refractivity contribution in [2.45, 2.75) is 25.9 Å². The molecule has 0 aliphatic carbocycles. The fourth-order valence-electron chi connectivity index (χ4n) is 2.32. The van der Waals surface area contributed by atoms with Gasteiger partial charge in [-0.2, -0.15) is 10.2 Å². The molecule has 9 heteroatoms. The van der Waals surface area contributed by atoms with Crippen LogP contribution < -0.4 is 5.32 Å². The van der Waals surface area contributed by atoms with E-state index in [2.05, 4.69) is 31.4 Å². The number of benzene rings is 1. The van der Waals surface area contributed by atoms with Crippen molar-refractivity contribution in [2.75, 3.05) is 5.32 Å². The summed E-state index contributed by atoms with van der Waals surface area (Å²) in [6, 6.07) is 7.16. The Labute approximate surface area is 169 Å². The van der Waals surface area contributed by atoms with Crippen LogP contribution in [0, 0.1) is 0 Å². The number of rotatable bonds is 5. The minimum atomic E-state index is -0.862. The first kappa shape index (κ1) is 18.9. The van der Waals surface area contributed by atoms with Gasteiger partial charge in [0.05, 0.1) is 27.3 Å². The second-order valence-electron chi connectivity index (χ2n) is 6.26. The van der Waals surface area contributed by atoms with Gasteiger partial charge in [0.25, 0.3) is 5.91 Å². The number of carbonyl (C=O) groups excluding carboxylic acids is 1. The molecule has 1 amide bonds. The zero-order chi connectivity index (χ0) is 18.9. The summed E-state index contributed by atoms with van der Waals surface area (Å²) in [5, 5.41) is 12.4. The summed E-state index contributed by atoms with van der Waals surface area (Å²) in [5.74, 6) is 0.252. The van der Waals surface area contributed by atoms with E-state index in [9.17, 15) is 4.79 Å². The lowest BCUT2D eigenvalue weighted by atomic mass is 10.1. The van der Waals surface area contributed by atoms with Crippen molar-refractivity contribution < 1.29 is 4.79 Å². The molecule has 2 heterocycles. The van der Waals surface area contributed by atoms with Crippen LogP contribution in [0.4, 0.5) is 5.82 Å². The summed E-state index contributed by atoms with van der Waals surface area (Å²) in [4.78, 5) is 12.6. The summed E-state index contributed by atoms with van der Waals surface area (Å²) in [6.07, 6.45) is 5.18. The van der Waals surface area contributed by atoms with E-state index in [-0.39, 0.29) is 5.91 Å². The zero-order valence-electron chi connectivity index (χ0n) is 14.1. The van der Waals surface area contributed by atoms with Gasteiger partial charge in [0.2, 0.25) is 0 Å². The van der Waals surface area contributed by atoms with Crippen LogP contribution in [0.3, 0.4) is 0 Å². The van der Waals surface area contributed by atoms with Crippen molar-refractivity contribution in [3.05, 3.63) is 62.9 Å². The minimum Gasteiger partial charge on any atom is -0.307 e. The Morgan fingerprint density at radius 2 is 2.04 bits per heavy atom. The van der Waals surface area contributed by atoms with Gasteiger partial charge in [-0.05, 0) is 47.5 Å². The first-order chi connectivity index (χ1) is 12.3. The maximum atomic E-state index is 12.6. The Morgan fingerprint density at radius 3 is 2.69 bits per heavy atom. The number of amides is 1. The van der Waals surface area contributed by atoms with E-state index in [4.69, 9.17) is 23.2 Å². The van der Waals surface area contributed by atoms with Crippen LogP contribution in [-0.4, -0.2) is 25.5 Å². The second kappa shape index (κ2) is 7.42. The first-order valence-corrected chi connectivity index (χ1v) is 9.30. The highest BCUT2D eigenvalue weighted by Crippen LogP contribution is 2.23. The third-order valence-corrected chi connectivity index (χ3v) is 5.04. The standard InChI is InChI=1S/C17H16BrCl2N5O/c1-17(2,25-10-12(18)8-21-25)16(26)22-15-5-6-24(23-15)9-11-3-4-13(19)14(20)7-11/h3-8,10H,9H2,1-2H3,(H,22,23,26). The molecular formula is C17H16BrCl2N5O. The molecule has 0 bridgehead atoms. The Hall–Kier alpha value is -1.83. The van der Waals surface area contributed by atoms with E-state index in [1.165, 1.54) is 0 Å². The van der Waals surface area contributed by atoms with E-state index in [1.54, 1.807) is 60.0 Å². The predicted octanol–water partition coefficient (Wildman–Crippen LogP) is 4.57.